The highest BCUT2D eigenvalue weighted by atomic mass is 35.5. The van der Waals surface area contributed by atoms with Gasteiger partial charge in [0.2, 0.25) is 5.91 Å². The van der Waals surface area contributed by atoms with Crippen LogP contribution in [0.4, 0.5) is 14.5 Å². The van der Waals surface area contributed by atoms with Crippen LogP contribution in [-0.2, 0) is 0 Å². The molecule has 1 unspecified atom stereocenters. The van der Waals surface area contributed by atoms with Gasteiger partial charge in [-0.1, -0.05) is 11.6 Å². The van der Waals surface area contributed by atoms with Crippen LogP contribution in [0.1, 0.15) is 28.9 Å². The largest absolute Gasteiger partial charge is 0.377 e. The second-order valence-corrected chi connectivity index (χ2v) is 5.00. The van der Waals surface area contributed by atoms with Gasteiger partial charge >= 0.3 is 0 Å². The Balaban J connectivity index is 2.31. The van der Waals surface area contributed by atoms with E-state index >= 15 is 0 Å². The predicted molar refractivity (Wildman–Crippen MR) is 78.4 cm³/mol. The lowest BCUT2D eigenvalue weighted by Gasteiger charge is -2.18. The summed E-state index contributed by atoms with van der Waals surface area (Å²) in [6.45, 7) is 1.66. The molecule has 0 aliphatic heterocycles. The second-order valence-electron chi connectivity index (χ2n) is 4.59. The van der Waals surface area contributed by atoms with Gasteiger partial charge in [0.1, 0.15) is 11.6 Å². The lowest BCUT2D eigenvalue weighted by molar-refractivity contribution is 0.100. The highest BCUT2D eigenvalue weighted by molar-refractivity contribution is 6.33. The summed E-state index contributed by atoms with van der Waals surface area (Å²) >= 11 is 6.02. The summed E-state index contributed by atoms with van der Waals surface area (Å²) in [5, 5.41) is 3.29. The van der Waals surface area contributed by atoms with Crippen molar-refractivity contribution in [2.24, 2.45) is 5.73 Å². The summed E-state index contributed by atoms with van der Waals surface area (Å²) in [6.07, 6.45) is 0. The van der Waals surface area contributed by atoms with Gasteiger partial charge < -0.3 is 11.1 Å². The van der Waals surface area contributed by atoms with Crippen LogP contribution in [0.15, 0.2) is 36.4 Å². The molecule has 2 aromatic carbocycles. The normalized spacial score (nSPS) is 12.0. The number of hydrogen-bond acceptors (Lipinski definition) is 2. The number of hydrogen-bond donors (Lipinski definition) is 2. The average molecular weight is 311 g/mol. The Labute approximate surface area is 125 Å². The lowest BCUT2D eigenvalue weighted by atomic mass is 10.1. The standard InChI is InChI=1S/C15H13ClF2N2O/c1-8(11-7-10(17)3-5-13(11)18)20-14-6-9(15(19)21)2-4-12(14)16/h2-8,20H,1H3,(H2,19,21). The molecule has 0 bridgehead atoms. The van der Waals surface area contributed by atoms with Gasteiger partial charge in [-0.3, -0.25) is 4.79 Å². The third-order valence-electron chi connectivity index (χ3n) is 3.05. The summed E-state index contributed by atoms with van der Waals surface area (Å²) in [5.41, 5.74) is 6.05. The monoisotopic (exact) mass is 310 g/mol. The molecule has 0 saturated heterocycles. The number of anilines is 1. The number of carbonyl (C=O) groups is 1. The molecule has 21 heavy (non-hydrogen) atoms. The van der Waals surface area contributed by atoms with Gasteiger partial charge in [-0.25, -0.2) is 8.78 Å². The van der Waals surface area contributed by atoms with Crippen molar-refractivity contribution in [1.82, 2.24) is 0 Å². The summed E-state index contributed by atoms with van der Waals surface area (Å²) in [4.78, 5) is 11.2. The van der Waals surface area contributed by atoms with Gasteiger partial charge in [-0.15, -0.1) is 0 Å². The fraction of sp³-hybridized carbons (Fsp3) is 0.133. The molecule has 3 nitrogen and oxygen atoms in total. The van der Waals surface area contributed by atoms with Crippen molar-refractivity contribution in [2.45, 2.75) is 13.0 Å². The Morgan fingerprint density at radius 1 is 1.24 bits per heavy atom. The molecule has 0 aromatic heterocycles. The first-order valence-corrected chi connectivity index (χ1v) is 6.57. The molecular weight excluding hydrogens is 298 g/mol. The Morgan fingerprint density at radius 2 is 1.95 bits per heavy atom. The Morgan fingerprint density at radius 3 is 2.62 bits per heavy atom. The minimum atomic E-state index is -0.598. The Bertz CT molecular complexity index is 691. The van der Waals surface area contributed by atoms with E-state index in [4.69, 9.17) is 17.3 Å². The highest BCUT2D eigenvalue weighted by Crippen LogP contribution is 2.28. The number of benzene rings is 2. The van der Waals surface area contributed by atoms with Crippen LogP contribution >= 0.6 is 11.6 Å². The summed E-state index contributed by atoms with van der Waals surface area (Å²) in [7, 11) is 0. The fourth-order valence-corrected chi connectivity index (χ4v) is 2.12. The van der Waals surface area contributed by atoms with Crippen LogP contribution in [0.25, 0.3) is 0 Å². The molecule has 0 spiro atoms. The number of halogens is 3. The molecule has 0 saturated carbocycles. The summed E-state index contributed by atoms with van der Waals surface area (Å²) in [5.74, 6) is -1.66. The zero-order valence-corrected chi connectivity index (χ0v) is 11.9. The van der Waals surface area contributed by atoms with Crippen LogP contribution < -0.4 is 11.1 Å². The van der Waals surface area contributed by atoms with Crippen molar-refractivity contribution in [3.63, 3.8) is 0 Å². The van der Waals surface area contributed by atoms with Crippen LogP contribution in [0, 0.1) is 11.6 Å². The predicted octanol–water partition coefficient (Wildman–Crippen LogP) is 3.89. The van der Waals surface area contributed by atoms with Crippen molar-refractivity contribution < 1.29 is 13.6 Å². The molecule has 0 heterocycles. The minimum absolute atomic E-state index is 0.163. The van der Waals surface area contributed by atoms with E-state index < -0.39 is 23.6 Å². The third kappa shape index (κ3) is 3.49. The third-order valence-corrected chi connectivity index (χ3v) is 3.38. The van der Waals surface area contributed by atoms with Crippen molar-refractivity contribution in [2.75, 3.05) is 5.32 Å². The first-order valence-electron chi connectivity index (χ1n) is 6.19. The second kappa shape index (κ2) is 6.10. The van der Waals surface area contributed by atoms with E-state index in [2.05, 4.69) is 5.32 Å². The Kier molecular flexibility index (Phi) is 4.43. The van der Waals surface area contributed by atoms with Gasteiger partial charge in [-0.05, 0) is 43.3 Å². The maximum Gasteiger partial charge on any atom is 0.248 e. The van der Waals surface area contributed by atoms with E-state index in [1.54, 1.807) is 6.92 Å². The average Bonchev–Trinajstić information content (AvgIpc) is 2.43. The molecule has 1 amide bonds. The zero-order valence-electron chi connectivity index (χ0n) is 11.2. The van der Waals surface area contributed by atoms with Crippen LogP contribution in [0.3, 0.4) is 0 Å². The van der Waals surface area contributed by atoms with Crippen molar-refractivity contribution in [3.05, 3.63) is 64.2 Å². The van der Waals surface area contributed by atoms with Gasteiger partial charge in [0.15, 0.2) is 0 Å². The van der Waals surface area contributed by atoms with Gasteiger partial charge in [0.25, 0.3) is 0 Å². The van der Waals surface area contributed by atoms with Gasteiger partial charge in [-0.2, -0.15) is 0 Å². The number of carbonyl (C=O) groups excluding carboxylic acids is 1. The number of amides is 1. The molecule has 2 rings (SSSR count). The first kappa shape index (κ1) is 15.3. The zero-order chi connectivity index (χ0) is 15.6. The minimum Gasteiger partial charge on any atom is -0.377 e. The molecule has 3 N–H and O–H groups in total. The SMILES string of the molecule is CC(Nc1cc(C(N)=O)ccc1Cl)c1cc(F)ccc1F. The number of rotatable bonds is 4. The van der Waals surface area contributed by atoms with Crippen molar-refractivity contribution in [3.8, 4) is 0 Å². The Hall–Kier alpha value is -2.14. The maximum atomic E-state index is 13.7. The molecule has 0 fully saturated rings. The van der Waals surface area contributed by atoms with Crippen LogP contribution in [0.2, 0.25) is 5.02 Å². The van der Waals surface area contributed by atoms with E-state index in [0.717, 1.165) is 18.2 Å². The lowest BCUT2D eigenvalue weighted by Crippen LogP contribution is -2.13. The molecule has 0 aliphatic rings. The highest BCUT2D eigenvalue weighted by Gasteiger charge is 2.14. The number of nitrogens with two attached hydrogens (primary N) is 1. The molecule has 2 aromatic rings. The molecule has 6 heteroatoms. The topological polar surface area (TPSA) is 55.1 Å². The van der Waals surface area contributed by atoms with Crippen LogP contribution in [0.5, 0.6) is 0 Å². The molecular formula is C15H13ClF2N2O. The van der Waals surface area contributed by atoms with Gasteiger partial charge in [0.05, 0.1) is 16.8 Å². The molecule has 0 radical (unpaired) electrons. The quantitative estimate of drug-likeness (QED) is 0.900. The molecule has 0 aliphatic carbocycles. The van der Waals surface area contributed by atoms with Gasteiger partial charge in [0, 0.05) is 11.1 Å². The number of primary amides is 1. The van der Waals surface area contributed by atoms with E-state index in [9.17, 15) is 13.6 Å². The van der Waals surface area contributed by atoms with Crippen LogP contribution in [-0.4, -0.2) is 5.91 Å². The fourth-order valence-electron chi connectivity index (χ4n) is 1.95. The molecule has 1 atom stereocenters. The maximum absolute atomic E-state index is 13.7. The summed E-state index contributed by atoms with van der Waals surface area (Å²) in [6, 6.07) is 7.15. The van der Waals surface area contributed by atoms with E-state index in [-0.39, 0.29) is 11.1 Å². The van der Waals surface area contributed by atoms with Crippen molar-refractivity contribution in [1.29, 1.82) is 0 Å². The van der Waals surface area contributed by atoms with E-state index in [1.165, 1.54) is 18.2 Å². The summed E-state index contributed by atoms with van der Waals surface area (Å²) < 4.78 is 26.9. The number of nitrogens with one attached hydrogen (secondary N) is 1. The van der Waals surface area contributed by atoms with Crippen molar-refractivity contribution >= 4 is 23.2 Å². The van der Waals surface area contributed by atoms with E-state index in [1.807, 2.05) is 0 Å². The smallest absolute Gasteiger partial charge is 0.248 e. The first-order chi connectivity index (χ1) is 9.88. The molecule has 110 valence electrons. The van der Waals surface area contributed by atoms with E-state index in [0.29, 0.717) is 10.7 Å².